The maximum Gasteiger partial charge on any atom is 0.266 e. The third-order valence-corrected chi connectivity index (χ3v) is 3.88. The molecule has 0 aromatic carbocycles. The van der Waals surface area contributed by atoms with E-state index in [1.54, 1.807) is 0 Å². The highest BCUT2D eigenvalue weighted by Gasteiger charge is 2.18. The van der Waals surface area contributed by atoms with E-state index < -0.39 is 0 Å². The van der Waals surface area contributed by atoms with Crippen LogP contribution in [0.25, 0.3) is 0 Å². The van der Waals surface area contributed by atoms with Gasteiger partial charge in [-0.3, -0.25) is 0 Å². The fourth-order valence-electron chi connectivity index (χ4n) is 2.80. The van der Waals surface area contributed by atoms with Gasteiger partial charge in [-0.25, -0.2) is 0 Å². The Morgan fingerprint density at radius 3 is 2.74 bits per heavy atom. The average molecular weight is 266 g/mol. The molecule has 0 radical (unpaired) electrons. The number of nitrogens with zero attached hydrogens (tertiary/aromatic N) is 3. The summed E-state index contributed by atoms with van der Waals surface area (Å²) in [7, 11) is 0. The summed E-state index contributed by atoms with van der Waals surface area (Å²) in [6, 6.07) is 0. The predicted octanol–water partition coefficient (Wildman–Crippen LogP) is 2.37. The summed E-state index contributed by atoms with van der Waals surface area (Å²) in [4.78, 5) is 6.71. The number of aryl methyl sites for hydroxylation is 1. The van der Waals surface area contributed by atoms with Crippen LogP contribution in [-0.4, -0.2) is 29.8 Å². The van der Waals surface area contributed by atoms with Gasteiger partial charge in [-0.15, -0.1) is 0 Å². The van der Waals surface area contributed by atoms with Crippen molar-refractivity contribution in [2.45, 2.75) is 51.9 Å². The largest absolute Gasteiger partial charge is 0.338 e. The Hall–Kier alpha value is -1.10. The Morgan fingerprint density at radius 1 is 1.26 bits per heavy atom. The molecule has 19 heavy (non-hydrogen) atoms. The molecule has 108 valence electrons. The molecule has 0 aliphatic carbocycles. The van der Waals surface area contributed by atoms with Crippen LogP contribution in [0.5, 0.6) is 0 Å². The number of anilines is 1. The second-order valence-electron chi connectivity index (χ2n) is 5.45. The molecular formula is C14H26N4O. The Kier molecular flexibility index (Phi) is 5.63. The second-order valence-corrected chi connectivity index (χ2v) is 5.45. The first-order chi connectivity index (χ1) is 9.33. The molecule has 1 fully saturated rings. The van der Waals surface area contributed by atoms with Gasteiger partial charge < -0.3 is 15.2 Å². The molecule has 2 rings (SSSR count). The third kappa shape index (κ3) is 4.20. The summed E-state index contributed by atoms with van der Waals surface area (Å²) in [5.74, 6) is 2.25. The summed E-state index contributed by atoms with van der Waals surface area (Å²) in [5.41, 5.74) is 5.66. The number of nitrogens with two attached hydrogens (primary N) is 1. The Morgan fingerprint density at radius 2 is 2.05 bits per heavy atom. The minimum absolute atomic E-state index is 0.692. The van der Waals surface area contributed by atoms with E-state index in [9.17, 15) is 0 Å². The van der Waals surface area contributed by atoms with Gasteiger partial charge >= 0.3 is 0 Å². The van der Waals surface area contributed by atoms with Crippen molar-refractivity contribution in [1.82, 2.24) is 10.1 Å². The van der Waals surface area contributed by atoms with Gasteiger partial charge in [0.25, 0.3) is 5.95 Å². The molecule has 1 aliphatic heterocycles. The molecule has 5 heteroatoms. The van der Waals surface area contributed by atoms with E-state index in [0.29, 0.717) is 5.92 Å². The van der Waals surface area contributed by atoms with E-state index >= 15 is 0 Å². The number of rotatable bonds is 8. The van der Waals surface area contributed by atoms with Crippen LogP contribution in [-0.2, 0) is 6.42 Å². The fourth-order valence-corrected chi connectivity index (χ4v) is 2.80. The highest BCUT2D eigenvalue weighted by Crippen LogP contribution is 2.20. The summed E-state index contributed by atoms with van der Waals surface area (Å²) in [6.45, 7) is 5.12. The zero-order valence-corrected chi connectivity index (χ0v) is 12.0. The van der Waals surface area contributed by atoms with Crippen LogP contribution in [0, 0.1) is 5.92 Å². The van der Waals surface area contributed by atoms with Crippen molar-refractivity contribution in [2.75, 3.05) is 24.5 Å². The second kappa shape index (κ2) is 7.48. The van der Waals surface area contributed by atoms with Crippen molar-refractivity contribution in [1.29, 1.82) is 0 Å². The molecular weight excluding hydrogens is 240 g/mol. The third-order valence-electron chi connectivity index (χ3n) is 3.88. The molecule has 1 aromatic rings. The molecule has 0 bridgehead atoms. The van der Waals surface area contributed by atoms with Gasteiger partial charge in [-0.1, -0.05) is 19.8 Å². The van der Waals surface area contributed by atoms with Crippen molar-refractivity contribution in [3.05, 3.63) is 5.89 Å². The van der Waals surface area contributed by atoms with Crippen LogP contribution in [0.15, 0.2) is 4.52 Å². The first-order valence-corrected chi connectivity index (χ1v) is 7.61. The maximum absolute atomic E-state index is 5.66. The average Bonchev–Trinajstić information content (AvgIpc) is 3.07. The van der Waals surface area contributed by atoms with Crippen LogP contribution >= 0.6 is 0 Å². The molecule has 1 aromatic heterocycles. The van der Waals surface area contributed by atoms with Crippen LogP contribution in [0.4, 0.5) is 5.95 Å². The van der Waals surface area contributed by atoms with Gasteiger partial charge in [0.1, 0.15) is 0 Å². The van der Waals surface area contributed by atoms with E-state index in [0.717, 1.165) is 50.7 Å². The van der Waals surface area contributed by atoms with E-state index in [1.807, 2.05) is 0 Å². The van der Waals surface area contributed by atoms with Gasteiger partial charge in [0.2, 0.25) is 5.89 Å². The normalized spacial score (nSPS) is 17.1. The Labute approximate surface area is 115 Å². The van der Waals surface area contributed by atoms with Gasteiger partial charge in [-0.05, 0) is 43.3 Å². The molecule has 2 N–H and O–H groups in total. The lowest BCUT2D eigenvalue weighted by molar-refractivity contribution is 0.349. The minimum atomic E-state index is 0.692. The number of aromatic nitrogens is 2. The molecule has 1 saturated heterocycles. The molecule has 0 saturated carbocycles. The van der Waals surface area contributed by atoms with Gasteiger partial charge in [-0.2, -0.15) is 4.98 Å². The summed E-state index contributed by atoms with van der Waals surface area (Å²) < 4.78 is 5.35. The van der Waals surface area contributed by atoms with Crippen LogP contribution < -0.4 is 10.6 Å². The van der Waals surface area contributed by atoms with E-state index in [1.165, 1.54) is 25.7 Å². The van der Waals surface area contributed by atoms with Crippen molar-refractivity contribution in [3.63, 3.8) is 0 Å². The Balaban J connectivity index is 1.81. The molecule has 2 heterocycles. The molecule has 1 atom stereocenters. The molecule has 1 unspecified atom stereocenters. The van der Waals surface area contributed by atoms with E-state index in [2.05, 4.69) is 22.0 Å². The molecule has 0 amide bonds. The lowest BCUT2D eigenvalue weighted by Crippen LogP contribution is -2.18. The van der Waals surface area contributed by atoms with Crippen molar-refractivity contribution in [2.24, 2.45) is 11.7 Å². The van der Waals surface area contributed by atoms with Crippen molar-refractivity contribution >= 4 is 5.95 Å². The monoisotopic (exact) mass is 266 g/mol. The summed E-state index contributed by atoms with van der Waals surface area (Å²) in [6.07, 6.45) is 8.01. The Bertz CT molecular complexity index is 354. The first kappa shape index (κ1) is 14.3. The SMILES string of the molecule is CCCC(CCN)CCc1nc(N2CCCC2)no1. The van der Waals surface area contributed by atoms with Gasteiger partial charge in [0, 0.05) is 19.5 Å². The fraction of sp³-hybridized carbons (Fsp3) is 0.857. The van der Waals surface area contributed by atoms with E-state index in [-0.39, 0.29) is 0 Å². The zero-order valence-electron chi connectivity index (χ0n) is 12.0. The zero-order chi connectivity index (χ0) is 13.5. The predicted molar refractivity (Wildman–Crippen MR) is 76.1 cm³/mol. The maximum atomic E-state index is 5.66. The molecule has 1 aliphatic rings. The quantitative estimate of drug-likeness (QED) is 0.782. The van der Waals surface area contributed by atoms with Crippen molar-refractivity contribution < 1.29 is 4.52 Å². The van der Waals surface area contributed by atoms with Gasteiger partial charge in [0.15, 0.2) is 0 Å². The van der Waals surface area contributed by atoms with E-state index in [4.69, 9.17) is 10.3 Å². The topological polar surface area (TPSA) is 68.2 Å². The number of hydrogen-bond donors (Lipinski definition) is 1. The summed E-state index contributed by atoms with van der Waals surface area (Å²) in [5, 5.41) is 4.08. The standard InChI is InChI=1S/C14H26N4O/c1-2-5-12(8-9-15)6-7-13-16-14(17-19-13)18-10-3-4-11-18/h12H,2-11,15H2,1H3. The highest BCUT2D eigenvalue weighted by atomic mass is 16.5. The highest BCUT2D eigenvalue weighted by molar-refractivity contribution is 5.28. The minimum Gasteiger partial charge on any atom is -0.338 e. The first-order valence-electron chi connectivity index (χ1n) is 7.61. The van der Waals surface area contributed by atoms with Crippen LogP contribution in [0.1, 0.15) is 51.3 Å². The lowest BCUT2D eigenvalue weighted by Gasteiger charge is -2.13. The summed E-state index contributed by atoms with van der Waals surface area (Å²) >= 11 is 0. The smallest absolute Gasteiger partial charge is 0.266 e. The van der Waals surface area contributed by atoms with Gasteiger partial charge in [0.05, 0.1) is 0 Å². The number of hydrogen-bond acceptors (Lipinski definition) is 5. The lowest BCUT2D eigenvalue weighted by atomic mass is 9.94. The van der Waals surface area contributed by atoms with Crippen molar-refractivity contribution in [3.8, 4) is 0 Å². The van der Waals surface area contributed by atoms with Crippen LogP contribution in [0.2, 0.25) is 0 Å². The molecule has 5 nitrogen and oxygen atoms in total. The van der Waals surface area contributed by atoms with Crippen LogP contribution in [0.3, 0.4) is 0 Å². The molecule has 0 spiro atoms.